The zero-order valence-corrected chi connectivity index (χ0v) is 15.1. The second kappa shape index (κ2) is 12.5. The fourth-order valence-corrected chi connectivity index (χ4v) is 2.00. The first-order valence-electron chi connectivity index (χ1n) is 8.28. The van der Waals surface area contributed by atoms with Crippen molar-refractivity contribution in [3.8, 4) is 0 Å². The highest BCUT2D eigenvalue weighted by molar-refractivity contribution is 5.91. The van der Waals surface area contributed by atoms with E-state index in [9.17, 15) is 19.2 Å². The van der Waals surface area contributed by atoms with Crippen LogP contribution in [-0.2, 0) is 19.2 Å². The van der Waals surface area contributed by atoms with Crippen molar-refractivity contribution in [1.29, 1.82) is 5.41 Å². The standard InChI is InChI=1S/C15H28N6O5/c1-9(13(25)18-7-3-4-8-19-15(16)17)20-14(26)11(21-10(2)22)5-6-12(23)24/h9,11H,3-8H2,1-2H3,(H,18,25)(H,20,26)(H,21,22)(H,23,24)(H4,16,17,19)/t9-,11-/m1/s1. The van der Waals surface area contributed by atoms with E-state index >= 15 is 0 Å². The molecule has 0 heterocycles. The van der Waals surface area contributed by atoms with Gasteiger partial charge in [0.25, 0.3) is 0 Å². The molecule has 0 bridgehead atoms. The van der Waals surface area contributed by atoms with Gasteiger partial charge in [0, 0.05) is 26.4 Å². The Hall–Kier alpha value is -2.85. The maximum Gasteiger partial charge on any atom is 0.303 e. The summed E-state index contributed by atoms with van der Waals surface area (Å²) >= 11 is 0. The summed E-state index contributed by atoms with van der Waals surface area (Å²) in [6.45, 7) is 3.64. The van der Waals surface area contributed by atoms with Crippen molar-refractivity contribution in [3.05, 3.63) is 0 Å². The SMILES string of the molecule is CC(=O)N[C@H](CCC(=O)O)C(=O)N[C@H](C)C(=O)NCCCCNC(=N)N. The minimum atomic E-state index is -1.08. The van der Waals surface area contributed by atoms with Crippen molar-refractivity contribution in [2.75, 3.05) is 13.1 Å². The van der Waals surface area contributed by atoms with Crippen LogP contribution in [0.5, 0.6) is 0 Å². The molecule has 0 fully saturated rings. The number of carbonyl (C=O) groups excluding carboxylic acids is 3. The summed E-state index contributed by atoms with van der Waals surface area (Å²) in [5, 5.41) is 25.8. The topological polar surface area (TPSA) is 186 Å². The minimum absolute atomic E-state index is 0.0712. The molecular weight excluding hydrogens is 344 g/mol. The van der Waals surface area contributed by atoms with E-state index < -0.39 is 35.8 Å². The third kappa shape index (κ3) is 11.6. The summed E-state index contributed by atoms with van der Waals surface area (Å²) in [5.74, 6) is -2.67. The van der Waals surface area contributed by atoms with E-state index in [1.54, 1.807) is 0 Å². The van der Waals surface area contributed by atoms with Crippen LogP contribution in [0.25, 0.3) is 0 Å². The molecule has 2 atom stereocenters. The summed E-state index contributed by atoms with van der Waals surface area (Å²) in [7, 11) is 0. The first-order valence-corrected chi connectivity index (χ1v) is 8.28. The maximum atomic E-state index is 12.1. The lowest BCUT2D eigenvalue weighted by molar-refractivity contribution is -0.138. The molecule has 11 heteroatoms. The zero-order chi connectivity index (χ0) is 20.1. The van der Waals surface area contributed by atoms with Crippen molar-refractivity contribution in [1.82, 2.24) is 21.3 Å². The molecule has 148 valence electrons. The molecule has 26 heavy (non-hydrogen) atoms. The number of guanidine groups is 1. The Bertz CT molecular complexity index is 525. The lowest BCUT2D eigenvalue weighted by Gasteiger charge is -2.20. The van der Waals surface area contributed by atoms with E-state index in [0.717, 1.165) is 0 Å². The average Bonchev–Trinajstić information content (AvgIpc) is 2.53. The van der Waals surface area contributed by atoms with Gasteiger partial charge < -0.3 is 32.1 Å². The molecule has 0 aromatic carbocycles. The Morgan fingerprint density at radius 2 is 1.62 bits per heavy atom. The Balaban J connectivity index is 4.28. The molecule has 0 aliphatic heterocycles. The van der Waals surface area contributed by atoms with E-state index in [4.69, 9.17) is 16.2 Å². The number of unbranched alkanes of at least 4 members (excludes halogenated alkanes) is 1. The van der Waals surface area contributed by atoms with Gasteiger partial charge in [-0.05, 0) is 26.2 Å². The van der Waals surface area contributed by atoms with E-state index in [2.05, 4.69) is 21.3 Å². The maximum absolute atomic E-state index is 12.1. The molecule has 0 radical (unpaired) electrons. The molecule has 0 unspecified atom stereocenters. The van der Waals surface area contributed by atoms with E-state index in [1.807, 2.05) is 0 Å². The zero-order valence-electron chi connectivity index (χ0n) is 15.1. The van der Waals surface area contributed by atoms with Crippen molar-refractivity contribution in [2.45, 2.75) is 51.6 Å². The van der Waals surface area contributed by atoms with Gasteiger partial charge in [-0.15, -0.1) is 0 Å². The molecule has 0 saturated heterocycles. The van der Waals surface area contributed by atoms with E-state index in [1.165, 1.54) is 13.8 Å². The quantitative estimate of drug-likeness (QED) is 0.120. The van der Waals surface area contributed by atoms with Crippen LogP contribution < -0.4 is 27.0 Å². The summed E-state index contributed by atoms with van der Waals surface area (Å²) in [6, 6.07) is -1.85. The van der Waals surface area contributed by atoms with Crippen LogP contribution >= 0.6 is 0 Å². The van der Waals surface area contributed by atoms with Gasteiger partial charge in [-0.25, -0.2) is 0 Å². The highest BCUT2D eigenvalue weighted by atomic mass is 16.4. The van der Waals surface area contributed by atoms with Crippen molar-refractivity contribution >= 4 is 29.7 Å². The van der Waals surface area contributed by atoms with Gasteiger partial charge in [-0.3, -0.25) is 24.6 Å². The van der Waals surface area contributed by atoms with Crippen LogP contribution in [-0.4, -0.2) is 59.9 Å². The van der Waals surface area contributed by atoms with E-state index in [-0.39, 0.29) is 18.8 Å². The predicted molar refractivity (Wildman–Crippen MR) is 94.2 cm³/mol. The highest BCUT2D eigenvalue weighted by Gasteiger charge is 2.24. The molecule has 8 N–H and O–H groups in total. The van der Waals surface area contributed by atoms with Gasteiger partial charge in [0.1, 0.15) is 12.1 Å². The fourth-order valence-electron chi connectivity index (χ4n) is 2.00. The van der Waals surface area contributed by atoms with Crippen LogP contribution in [0.3, 0.4) is 0 Å². The normalized spacial score (nSPS) is 12.4. The molecule has 0 rings (SSSR count). The molecule has 0 spiro atoms. The average molecular weight is 372 g/mol. The third-order valence-corrected chi connectivity index (χ3v) is 3.31. The van der Waals surface area contributed by atoms with Crippen LogP contribution in [0.1, 0.15) is 39.5 Å². The summed E-state index contributed by atoms with van der Waals surface area (Å²) < 4.78 is 0. The van der Waals surface area contributed by atoms with Crippen LogP contribution in [0, 0.1) is 5.41 Å². The largest absolute Gasteiger partial charge is 0.481 e. The summed E-state index contributed by atoms with van der Waals surface area (Å²) in [5.41, 5.74) is 5.14. The lowest BCUT2D eigenvalue weighted by Crippen LogP contribution is -2.52. The second-order valence-corrected chi connectivity index (χ2v) is 5.75. The van der Waals surface area contributed by atoms with Gasteiger partial charge in [0.2, 0.25) is 17.7 Å². The second-order valence-electron chi connectivity index (χ2n) is 5.75. The summed E-state index contributed by atoms with van der Waals surface area (Å²) in [4.78, 5) is 45.9. The Kier molecular flexibility index (Phi) is 11.1. The number of nitrogens with two attached hydrogens (primary N) is 1. The minimum Gasteiger partial charge on any atom is -0.481 e. The molecule has 0 aliphatic carbocycles. The monoisotopic (exact) mass is 372 g/mol. The molecule has 0 saturated carbocycles. The lowest BCUT2D eigenvalue weighted by atomic mass is 10.1. The van der Waals surface area contributed by atoms with Crippen LogP contribution in [0.4, 0.5) is 0 Å². The number of hydrogen-bond donors (Lipinski definition) is 7. The van der Waals surface area contributed by atoms with Gasteiger partial charge in [0.15, 0.2) is 5.96 Å². The number of carbonyl (C=O) groups is 4. The molecule has 0 aliphatic rings. The molecular formula is C15H28N6O5. The van der Waals surface area contributed by atoms with E-state index in [0.29, 0.717) is 25.9 Å². The number of carboxylic acids is 1. The number of carboxylic acid groups (broad SMARTS) is 1. The van der Waals surface area contributed by atoms with Crippen molar-refractivity contribution in [2.24, 2.45) is 5.73 Å². The van der Waals surface area contributed by atoms with Gasteiger partial charge in [-0.2, -0.15) is 0 Å². The Labute approximate surface area is 152 Å². The van der Waals surface area contributed by atoms with Gasteiger partial charge in [0.05, 0.1) is 0 Å². The van der Waals surface area contributed by atoms with Crippen LogP contribution in [0.15, 0.2) is 0 Å². The first-order chi connectivity index (χ1) is 12.1. The van der Waals surface area contributed by atoms with Crippen molar-refractivity contribution < 1.29 is 24.3 Å². The van der Waals surface area contributed by atoms with Gasteiger partial charge >= 0.3 is 5.97 Å². The number of aliphatic carboxylic acids is 1. The Morgan fingerprint density at radius 1 is 1.04 bits per heavy atom. The Morgan fingerprint density at radius 3 is 2.12 bits per heavy atom. The number of hydrogen-bond acceptors (Lipinski definition) is 5. The first kappa shape index (κ1) is 23.1. The highest BCUT2D eigenvalue weighted by Crippen LogP contribution is 1.99. The number of rotatable bonds is 12. The molecule has 3 amide bonds. The van der Waals surface area contributed by atoms with Crippen molar-refractivity contribution in [3.63, 3.8) is 0 Å². The third-order valence-electron chi connectivity index (χ3n) is 3.31. The smallest absolute Gasteiger partial charge is 0.303 e. The fraction of sp³-hybridized carbons (Fsp3) is 0.667. The molecule has 0 aromatic heterocycles. The number of amides is 3. The van der Waals surface area contributed by atoms with Gasteiger partial charge in [-0.1, -0.05) is 0 Å². The molecule has 11 nitrogen and oxygen atoms in total. The summed E-state index contributed by atoms with van der Waals surface area (Å²) in [6.07, 6.45) is 1.02. The predicted octanol–water partition coefficient (Wildman–Crippen LogP) is -1.76. The number of nitrogens with one attached hydrogen (secondary N) is 5. The molecule has 0 aromatic rings. The van der Waals surface area contributed by atoms with Crippen LogP contribution in [0.2, 0.25) is 0 Å².